The third-order valence-electron chi connectivity index (χ3n) is 3.63. The predicted molar refractivity (Wildman–Crippen MR) is 94.4 cm³/mol. The smallest absolute Gasteiger partial charge is 0.279 e. The Bertz CT molecular complexity index is 867. The van der Waals surface area contributed by atoms with Gasteiger partial charge in [0.2, 0.25) is 6.79 Å². The molecule has 2 N–H and O–H groups in total. The van der Waals surface area contributed by atoms with E-state index in [0.717, 1.165) is 5.56 Å². The molecule has 1 aliphatic heterocycles. The van der Waals surface area contributed by atoms with Crippen LogP contribution in [-0.2, 0) is 9.59 Å². The van der Waals surface area contributed by atoms with Gasteiger partial charge in [-0.05, 0) is 55.0 Å². The molecule has 1 atom stereocenters. The second-order valence-corrected chi connectivity index (χ2v) is 5.64. The maximum Gasteiger partial charge on any atom is 0.279 e. The van der Waals surface area contributed by atoms with Gasteiger partial charge in [-0.1, -0.05) is 6.07 Å². The van der Waals surface area contributed by atoms with Gasteiger partial charge in [-0.15, -0.1) is 0 Å². The fourth-order valence-corrected chi connectivity index (χ4v) is 2.23. The Kier molecular flexibility index (Phi) is 5.55. The lowest BCUT2D eigenvalue weighted by molar-refractivity contribution is -0.131. The lowest BCUT2D eigenvalue weighted by Crippen LogP contribution is -2.46. The maximum absolute atomic E-state index is 12.9. The minimum absolute atomic E-state index is 0.174. The van der Waals surface area contributed by atoms with Crippen LogP contribution in [0.5, 0.6) is 17.2 Å². The summed E-state index contributed by atoms with van der Waals surface area (Å²) in [5, 5.41) is 0. The third kappa shape index (κ3) is 4.97. The number of amides is 2. The number of ether oxygens (including phenoxy) is 3. The Balaban J connectivity index is 1.46. The number of carbonyl (C=O) groups is 2. The van der Waals surface area contributed by atoms with Crippen LogP contribution in [0.1, 0.15) is 12.5 Å². The lowest BCUT2D eigenvalue weighted by Gasteiger charge is -2.14. The van der Waals surface area contributed by atoms with Crippen LogP contribution in [-0.4, -0.2) is 24.7 Å². The van der Waals surface area contributed by atoms with Gasteiger partial charge in [-0.2, -0.15) is 0 Å². The Labute approximate surface area is 154 Å². The number of benzene rings is 2. The van der Waals surface area contributed by atoms with Gasteiger partial charge in [-0.25, -0.2) is 4.39 Å². The molecule has 8 heteroatoms. The normalized spacial score (nSPS) is 13.3. The fourth-order valence-electron chi connectivity index (χ4n) is 2.23. The van der Waals surface area contributed by atoms with Crippen LogP contribution >= 0.6 is 0 Å². The van der Waals surface area contributed by atoms with Crippen LogP contribution in [0.2, 0.25) is 0 Å². The van der Waals surface area contributed by atoms with Gasteiger partial charge in [0.05, 0.1) is 0 Å². The first-order chi connectivity index (χ1) is 13.0. The molecule has 0 aromatic heterocycles. The highest BCUT2D eigenvalue weighted by Gasteiger charge is 2.15. The summed E-state index contributed by atoms with van der Waals surface area (Å²) in [6, 6.07) is 10.5. The van der Waals surface area contributed by atoms with Crippen molar-refractivity contribution in [2.75, 3.05) is 6.79 Å². The van der Waals surface area contributed by atoms with E-state index >= 15 is 0 Å². The average molecular weight is 372 g/mol. The number of rotatable bonds is 5. The van der Waals surface area contributed by atoms with E-state index in [1.54, 1.807) is 24.3 Å². The largest absolute Gasteiger partial charge is 0.481 e. The molecular weight excluding hydrogens is 355 g/mol. The molecule has 2 amide bonds. The van der Waals surface area contributed by atoms with Crippen LogP contribution in [0, 0.1) is 5.82 Å². The van der Waals surface area contributed by atoms with Gasteiger partial charge in [0.1, 0.15) is 11.6 Å². The highest BCUT2D eigenvalue weighted by molar-refractivity contribution is 5.93. The summed E-state index contributed by atoms with van der Waals surface area (Å²) in [6.45, 7) is 1.68. The fraction of sp³-hybridized carbons (Fsp3) is 0.158. The van der Waals surface area contributed by atoms with E-state index < -0.39 is 23.7 Å². The molecule has 0 spiro atoms. The summed E-state index contributed by atoms with van der Waals surface area (Å²) in [4.78, 5) is 23.8. The number of hydrogen-bond donors (Lipinski definition) is 2. The van der Waals surface area contributed by atoms with E-state index in [-0.39, 0.29) is 6.79 Å². The van der Waals surface area contributed by atoms with E-state index in [0.29, 0.717) is 17.2 Å². The first-order valence-electron chi connectivity index (χ1n) is 8.11. The van der Waals surface area contributed by atoms with Crippen molar-refractivity contribution in [2.24, 2.45) is 0 Å². The van der Waals surface area contributed by atoms with Crippen LogP contribution in [0.25, 0.3) is 6.08 Å². The van der Waals surface area contributed by atoms with E-state index in [2.05, 4.69) is 10.9 Å². The van der Waals surface area contributed by atoms with Gasteiger partial charge in [0.25, 0.3) is 11.8 Å². The number of halogens is 1. The lowest BCUT2D eigenvalue weighted by atomic mass is 10.2. The Morgan fingerprint density at radius 2 is 1.85 bits per heavy atom. The molecular formula is C19H17FN2O5. The van der Waals surface area contributed by atoms with Crippen molar-refractivity contribution in [1.82, 2.24) is 10.9 Å². The highest BCUT2D eigenvalue weighted by atomic mass is 19.1. The molecule has 0 aliphatic carbocycles. The number of hydrazine groups is 1. The average Bonchev–Trinajstić information content (AvgIpc) is 3.14. The molecule has 2 aromatic rings. The molecule has 0 saturated heterocycles. The molecule has 1 aliphatic rings. The summed E-state index contributed by atoms with van der Waals surface area (Å²) >= 11 is 0. The molecule has 0 unspecified atom stereocenters. The van der Waals surface area contributed by atoms with Crippen molar-refractivity contribution in [3.63, 3.8) is 0 Å². The second-order valence-electron chi connectivity index (χ2n) is 5.64. The second kappa shape index (κ2) is 8.22. The predicted octanol–water partition coefficient (Wildman–Crippen LogP) is 2.18. The molecule has 3 rings (SSSR count). The van der Waals surface area contributed by atoms with Crippen molar-refractivity contribution in [2.45, 2.75) is 13.0 Å². The number of carbonyl (C=O) groups excluding carboxylic acids is 2. The molecule has 0 bridgehead atoms. The van der Waals surface area contributed by atoms with Gasteiger partial charge in [0, 0.05) is 6.08 Å². The molecule has 2 aromatic carbocycles. The minimum atomic E-state index is -0.881. The molecule has 0 fully saturated rings. The summed E-state index contributed by atoms with van der Waals surface area (Å²) in [7, 11) is 0. The van der Waals surface area contributed by atoms with Crippen molar-refractivity contribution >= 4 is 17.9 Å². The molecule has 140 valence electrons. The SMILES string of the molecule is C[C@@H](Oc1ccc(F)cc1)C(=O)NNC(=O)/C=C/c1ccc2c(c1)OCO2. The third-order valence-corrected chi connectivity index (χ3v) is 3.63. The first kappa shape index (κ1) is 18.2. The first-order valence-corrected chi connectivity index (χ1v) is 8.11. The van der Waals surface area contributed by atoms with E-state index in [4.69, 9.17) is 14.2 Å². The highest BCUT2D eigenvalue weighted by Crippen LogP contribution is 2.32. The Morgan fingerprint density at radius 3 is 2.63 bits per heavy atom. The van der Waals surface area contributed by atoms with Crippen molar-refractivity contribution < 1.29 is 28.2 Å². The van der Waals surface area contributed by atoms with Crippen LogP contribution in [0.3, 0.4) is 0 Å². The minimum Gasteiger partial charge on any atom is -0.481 e. The topological polar surface area (TPSA) is 85.9 Å². The number of hydrogen-bond acceptors (Lipinski definition) is 5. The zero-order chi connectivity index (χ0) is 19.2. The summed E-state index contributed by atoms with van der Waals surface area (Å²) in [5.74, 6) is 0.129. The van der Waals surface area contributed by atoms with Crippen LogP contribution < -0.4 is 25.1 Å². The van der Waals surface area contributed by atoms with Crippen molar-refractivity contribution in [3.05, 3.63) is 59.9 Å². The van der Waals surface area contributed by atoms with Crippen molar-refractivity contribution in [3.8, 4) is 17.2 Å². The summed E-state index contributed by atoms with van der Waals surface area (Å²) in [6.07, 6.45) is 1.96. The molecule has 27 heavy (non-hydrogen) atoms. The molecule has 7 nitrogen and oxygen atoms in total. The zero-order valence-electron chi connectivity index (χ0n) is 14.4. The molecule has 0 saturated carbocycles. The zero-order valence-corrected chi connectivity index (χ0v) is 14.4. The van der Waals surface area contributed by atoms with E-state index in [1.807, 2.05) is 0 Å². The Hall–Kier alpha value is -3.55. The van der Waals surface area contributed by atoms with E-state index in [9.17, 15) is 14.0 Å². The quantitative estimate of drug-likeness (QED) is 0.621. The van der Waals surface area contributed by atoms with Crippen molar-refractivity contribution in [1.29, 1.82) is 0 Å². The van der Waals surface area contributed by atoms with Crippen LogP contribution in [0.15, 0.2) is 48.5 Å². The summed E-state index contributed by atoms with van der Waals surface area (Å²) < 4.78 is 28.7. The monoisotopic (exact) mass is 372 g/mol. The van der Waals surface area contributed by atoms with Gasteiger partial charge >= 0.3 is 0 Å². The molecule has 1 heterocycles. The molecule has 0 radical (unpaired) electrons. The Morgan fingerprint density at radius 1 is 1.11 bits per heavy atom. The number of fused-ring (bicyclic) bond motifs is 1. The van der Waals surface area contributed by atoms with Gasteiger partial charge < -0.3 is 14.2 Å². The number of nitrogens with one attached hydrogen (secondary N) is 2. The van der Waals surface area contributed by atoms with Crippen LogP contribution in [0.4, 0.5) is 4.39 Å². The standard InChI is InChI=1S/C19H17FN2O5/c1-12(27-15-6-4-14(20)5-7-15)19(24)22-21-18(23)9-3-13-2-8-16-17(10-13)26-11-25-16/h2-10,12H,11H2,1H3,(H,21,23)(H,22,24)/b9-3+/t12-/m1/s1. The summed E-state index contributed by atoms with van der Waals surface area (Å²) in [5.41, 5.74) is 5.26. The van der Waals surface area contributed by atoms with Gasteiger partial charge in [-0.3, -0.25) is 20.4 Å². The van der Waals surface area contributed by atoms with E-state index in [1.165, 1.54) is 37.3 Å². The van der Waals surface area contributed by atoms with Gasteiger partial charge in [0.15, 0.2) is 17.6 Å². The maximum atomic E-state index is 12.9.